The Morgan fingerprint density at radius 3 is 2.45 bits per heavy atom. The molecule has 2 rings (SSSR count). The van der Waals surface area contributed by atoms with E-state index in [0.717, 1.165) is 12.1 Å². The highest BCUT2D eigenvalue weighted by molar-refractivity contribution is 5.91. The van der Waals surface area contributed by atoms with Crippen molar-refractivity contribution in [3.05, 3.63) is 65.6 Å². The Labute approximate surface area is 167 Å². The van der Waals surface area contributed by atoms with Crippen molar-refractivity contribution < 1.29 is 27.2 Å². The highest BCUT2D eigenvalue weighted by Crippen LogP contribution is 2.32. The number of amides is 2. The van der Waals surface area contributed by atoms with E-state index < -0.39 is 17.2 Å². The highest BCUT2D eigenvalue weighted by Gasteiger charge is 2.32. The van der Waals surface area contributed by atoms with Crippen molar-refractivity contribution in [2.24, 2.45) is 0 Å². The summed E-state index contributed by atoms with van der Waals surface area (Å²) in [5, 5.41) is 5.28. The lowest BCUT2D eigenvalue weighted by Crippen LogP contribution is -2.38. The second-order valence-electron chi connectivity index (χ2n) is 7.13. The first-order valence-corrected chi connectivity index (χ1v) is 9.02. The molecule has 0 saturated carbocycles. The van der Waals surface area contributed by atoms with Crippen LogP contribution in [-0.4, -0.2) is 24.9 Å². The van der Waals surface area contributed by atoms with E-state index in [1.807, 2.05) is 0 Å². The summed E-state index contributed by atoms with van der Waals surface area (Å²) in [6.45, 7) is 3.81. The van der Waals surface area contributed by atoms with E-state index in [0.29, 0.717) is 11.3 Å². The van der Waals surface area contributed by atoms with Crippen LogP contribution in [0.1, 0.15) is 37.2 Å². The molecule has 2 N–H and O–H groups in total. The molecule has 0 aliphatic rings. The average molecular weight is 408 g/mol. The molecule has 0 fully saturated rings. The molecule has 2 amide bonds. The SMILES string of the molecule is CC(C)(CNC(=O)CCNC(=O)/C=C/c1ccco1)c1cccc(C(F)(F)F)c1. The minimum atomic E-state index is -4.42. The zero-order chi connectivity index (χ0) is 21.5. The number of hydrogen-bond acceptors (Lipinski definition) is 3. The van der Waals surface area contributed by atoms with Gasteiger partial charge < -0.3 is 15.1 Å². The van der Waals surface area contributed by atoms with Gasteiger partial charge in [0.1, 0.15) is 5.76 Å². The van der Waals surface area contributed by atoms with Gasteiger partial charge in [0.05, 0.1) is 11.8 Å². The molecule has 29 heavy (non-hydrogen) atoms. The number of rotatable bonds is 8. The summed E-state index contributed by atoms with van der Waals surface area (Å²) in [6.07, 6.45) is -0.0683. The maximum Gasteiger partial charge on any atom is 0.416 e. The van der Waals surface area contributed by atoms with Crippen molar-refractivity contribution >= 4 is 17.9 Å². The van der Waals surface area contributed by atoms with Crippen molar-refractivity contribution in [3.8, 4) is 0 Å². The van der Waals surface area contributed by atoms with Gasteiger partial charge in [-0.05, 0) is 29.8 Å². The predicted molar refractivity (Wildman–Crippen MR) is 103 cm³/mol. The zero-order valence-corrected chi connectivity index (χ0v) is 16.2. The lowest BCUT2D eigenvalue weighted by Gasteiger charge is -2.26. The van der Waals surface area contributed by atoms with E-state index in [9.17, 15) is 22.8 Å². The molecule has 0 aliphatic carbocycles. The molecule has 1 aromatic heterocycles. The Balaban J connectivity index is 1.78. The Morgan fingerprint density at radius 1 is 1.07 bits per heavy atom. The van der Waals surface area contributed by atoms with E-state index in [2.05, 4.69) is 10.6 Å². The second-order valence-corrected chi connectivity index (χ2v) is 7.13. The average Bonchev–Trinajstić information content (AvgIpc) is 3.18. The van der Waals surface area contributed by atoms with Crippen molar-refractivity contribution in [2.75, 3.05) is 13.1 Å². The van der Waals surface area contributed by atoms with Crippen LogP contribution in [0, 0.1) is 0 Å². The molecule has 5 nitrogen and oxygen atoms in total. The van der Waals surface area contributed by atoms with Crippen LogP contribution < -0.4 is 10.6 Å². The molecule has 0 atom stereocenters. The summed E-state index contributed by atoms with van der Waals surface area (Å²) in [6, 6.07) is 8.46. The summed E-state index contributed by atoms with van der Waals surface area (Å²) >= 11 is 0. The fourth-order valence-corrected chi connectivity index (χ4v) is 2.53. The molecule has 0 unspecified atom stereocenters. The molecule has 0 aliphatic heterocycles. The van der Waals surface area contributed by atoms with E-state index in [4.69, 9.17) is 4.42 Å². The highest BCUT2D eigenvalue weighted by atomic mass is 19.4. The Morgan fingerprint density at radius 2 is 1.79 bits per heavy atom. The smallest absolute Gasteiger partial charge is 0.416 e. The molecule has 8 heteroatoms. The lowest BCUT2D eigenvalue weighted by molar-refractivity contribution is -0.137. The predicted octanol–water partition coefficient (Wildman–Crippen LogP) is 3.91. The summed E-state index contributed by atoms with van der Waals surface area (Å²) in [7, 11) is 0. The van der Waals surface area contributed by atoms with Gasteiger partial charge in [-0.15, -0.1) is 0 Å². The van der Waals surface area contributed by atoms with Gasteiger partial charge in [-0.3, -0.25) is 9.59 Å². The Bertz CT molecular complexity index is 856. The molecule has 0 saturated heterocycles. The summed E-state index contributed by atoms with van der Waals surface area (Å²) in [4.78, 5) is 23.7. The van der Waals surface area contributed by atoms with Gasteiger partial charge in [-0.2, -0.15) is 13.2 Å². The molecule has 156 valence electrons. The third-order valence-electron chi connectivity index (χ3n) is 4.29. The topological polar surface area (TPSA) is 71.3 Å². The molecule has 0 radical (unpaired) electrons. The van der Waals surface area contributed by atoms with Crippen molar-refractivity contribution in [2.45, 2.75) is 31.9 Å². The van der Waals surface area contributed by atoms with Crippen LogP contribution in [0.2, 0.25) is 0 Å². The number of nitrogens with one attached hydrogen (secondary N) is 2. The monoisotopic (exact) mass is 408 g/mol. The van der Waals surface area contributed by atoms with E-state index >= 15 is 0 Å². The third kappa shape index (κ3) is 7.14. The molecular formula is C21H23F3N2O3. The molecule has 1 aromatic carbocycles. The fraction of sp³-hybridized carbons (Fsp3) is 0.333. The van der Waals surface area contributed by atoms with Crippen LogP contribution >= 0.6 is 0 Å². The van der Waals surface area contributed by atoms with E-state index in [-0.39, 0.29) is 31.3 Å². The second kappa shape index (κ2) is 9.45. The minimum Gasteiger partial charge on any atom is -0.465 e. The number of hydrogen-bond donors (Lipinski definition) is 2. The minimum absolute atomic E-state index is 0.0546. The fourth-order valence-electron chi connectivity index (χ4n) is 2.53. The summed E-state index contributed by atoms with van der Waals surface area (Å²) in [5.74, 6) is -0.131. The van der Waals surface area contributed by atoms with Crippen LogP contribution in [0.5, 0.6) is 0 Å². The van der Waals surface area contributed by atoms with Crippen LogP contribution in [0.4, 0.5) is 13.2 Å². The van der Waals surface area contributed by atoms with Crippen LogP contribution in [0.3, 0.4) is 0 Å². The first-order chi connectivity index (χ1) is 13.6. The van der Waals surface area contributed by atoms with Gasteiger partial charge in [0.25, 0.3) is 0 Å². The maximum atomic E-state index is 12.9. The molecular weight excluding hydrogens is 385 g/mol. The quantitative estimate of drug-likeness (QED) is 0.651. The summed E-state index contributed by atoms with van der Waals surface area (Å²) < 4.78 is 43.7. The van der Waals surface area contributed by atoms with Gasteiger partial charge >= 0.3 is 6.18 Å². The van der Waals surface area contributed by atoms with Gasteiger partial charge in [0.2, 0.25) is 11.8 Å². The number of carbonyl (C=O) groups is 2. The maximum absolute atomic E-state index is 12.9. The number of benzene rings is 1. The van der Waals surface area contributed by atoms with Gasteiger partial charge in [0, 0.05) is 31.0 Å². The van der Waals surface area contributed by atoms with E-state index in [1.165, 1.54) is 24.5 Å². The van der Waals surface area contributed by atoms with Gasteiger partial charge in [-0.25, -0.2) is 0 Å². The normalized spacial score (nSPS) is 12.2. The number of furan rings is 1. The molecule has 1 heterocycles. The number of alkyl halides is 3. The van der Waals surface area contributed by atoms with Gasteiger partial charge in [-0.1, -0.05) is 32.0 Å². The molecule has 0 spiro atoms. The van der Waals surface area contributed by atoms with Crippen LogP contribution in [-0.2, 0) is 21.2 Å². The molecule has 0 bridgehead atoms. The zero-order valence-electron chi connectivity index (χ0n) is 16.2. The standard InChI is InChI=1S/C21H23F3N2O3/c1-20(2,15-5-3-6-16(13-15)21(22,23)24)14-26-19(28)10-11-25-18(27)9-8-17-7-4-12-29-17/h3-9,12-13H,10-11,14H2,1-2H3,(H,25,27)(H,26,28)/b9-8+. The number of halogens is 3. The van der Waals surface area contributed by atoms with Gasteiger partial charge in [0.15, 0.2) is 0 Å². The van der Waals surface area contributed by atoms with Crippen LogP contribution in [0.15, 0.2) is 53.2 Å². The van der Waals surface area contributed by atoms with Crippen molar-refractivity contribution in [1.82, 2.24) is 10.6 Å². The van der Waals surface area contributed by atoms with Crippen molar-refractivity contribution in [3.63, 3.8) is 0 Å². The Hall–Kier alpha value is -3.03. The van der Waals surface area contributed by atoms with Crippen LogP contribution in [0.25, 0.3) is 6.08 Å². The van der Waals surface area contributed by atoms with Crippen molar-refractivity contribution in [1.29, 1.82) is 0 Å². The third-order valence-corrected chi connectivity index (χ3v) is 4.29. The lowest BCUT2D eigenvalue weighted by atomic mass is 9.83. The first-order valence-electron chi connectivity index (χ1n) is 9.02. The Kier molecular flexibility index (Phi) is 7.25. The van der Waals surface area contributed by atoms with E-state index in [1.54, 1.807) is 32.0 Å². The largest absolute Gasteiger partial charge is 0.465 e. The first kappa shape index (κ1) is 22.3. The molecule has 2 aromatic rings. The number of carbonyl (C=O) groups excluding carboxylic acids is 2. The summed E-state index contributed by atoms with van der Waals surface area (Å²) in [5.41, 5.74) is -0.935.